The van der Waals surface area contributed by atoms with Gasteiger partial charge < -0.3 is 4.98 Å². The Morgan fingerprint density at radius 2 is 2.08 bits per heavy atom. The predicted octanol–water partition coefficient (Wildman–Crippen LogP) is 5.72. The summed E-state index contributed by atoms with van der Waals surface area (Å²) in [6.45, 7) is 4.65. The number of rotatable bonds is 4. The number of nitrogens with one attached hydrogen (secondary N) is 1. The van der Waals surface area contributed by atoms with Gasteiger partial charge in [-0.25, -0.2) is 14.4 Å². The third-order valence-electron chi connectivity index (χ3n) is 4.03. The average molecular weight is 353 g/mol. The highest BCUT2D eigenvalue weighted by atomic mass is 32.1. The van der Waals surface area contributed by atoms with Crippen molar-refractivity contribution in [3.05, 3.63) is 53.0 Å². The smallest absolute Gasteiger partial charge is 0.185 e. The van der Waals surface area contributed by atoms with Gasteiger partial charge >= 0.3 is 0 Å². The molecule has 0 bridgehead atoms. The molecule has 0 spiro atoms. The third-order valence-corrected chi connectivity index (χ3v) is 5.38. The first-order valence-electron chi connectivity index (χ1n) is 7.99. The molecule has 3 aromatic heterocycles. The normalized spacial score (nSPS) is 12.2. The van der Waals surface area contributed by atoms with Crippen LogP contribution in [0.15, 0.2) is 47.0 Å². The van der Waals surface area contributed by atoms with Crippen molar-refractivity contribution >= 4 is 38.3 Å². The van der Waals surface area contributed by atoms with Crippen LogP contribution in [0.25, 0.3) is 21.1 Å². The van der Waals surface area contributed by atoms with Crippen molar-refractivity contribution in [2.45, 2.75) is 26.3 Å². The van der Waals surface area contributed by atoms with E-state index in [0.717, 1.165) is 26.7 Å². The molecule has 0 aliphatic carbocycles. The van der Waals surface area contributed by atoms with Crippen LogP contribution in [0, 0.1) is 5.82 Å². The van der Waals surface area contributed by atoms with E-state index in [0.29, 0.717) is 18.3 Å². The van der Waals surface area contributed by atoms with Crippen molar-refractivity contribution in [1.29, 1.82) is 0 Å². The molecule has 25 heavy (non-hydrogen) atoms. The third kappa shape index (κ3) is 3.02. The quantitative estimate of drug-likeness (QED) is 0.477. The summed E-state index contributed by atoms with van der Waals surface area (Å²) in [7, 11) is 0. The molecule has 0 saturated heterocycles. The Balaban J connectivity index is 1.63. The van der Waals surface area contributed by atoms with Crippen molar-refractivity contribution in [1.82, 2.24) is 15.0 Å². The standard InChI is InChI=1S/C18H16FN5S/c1-10(2)16-6-14-17(21-9-22-18(14)25-16)24-23-8-11-7-20-15-4-3-12(19)5-13(11)15/h3-7,9-10,20H,8H2,1-2H3. The summed E-state index contributed by atoms with van der Waals surface area (Å²) < 4.78 is 13.4. The number of H-pyrrole nitrogens is 1. The van der Waals surface area contributed by atoms with Gasteiger partial charge in [0.1, 0.15) is 17.0 Å². The molecule has 0 amide bonds. The van der Waals surface area contributed by atoms with E-state index in [4.69, 9.17) is 0 Å². The van der Waals surface area contributed by atoms with Crippen LogP contribution in [0.4, 0.5) is 10.2 Å². The topological polar surface area (TPSA) is 66.3 Å². The van der Waals surface area contributed by atoms with E-state index in [1.165, 1.54) is 23.3 Å². The van der Waals surface area contributed by atoms with Crippen molar-refractivity contribution in [2.24, 2.45) is 10.2 Å². The van der Waals surface area contributed by atoms with Crippen LogP contribution in [-0.2, 0) is 6.54 Å². The molecule has 3 heterocycles. The van der Waals surface area contributed by atoms with Gasteiger partial charge in [0.15, 0.2) is 5.82 Å². The molecule has 0 aliphatic rings. The monoisotopic (exact) mass is 353 g/mol. The number of hydrogen-bond donors (Lipinski definition) is 1. The van der Waals surface area contributed by atoms with Gasteiger partial charge in [-0.1, -0.05) is 13.8 Å². The van der Waals surface area contributed by atoms with E-state index in [1.54, 1.807) is 17.4 Å². The molecule has 126 valence electrons. The SMILES string of the molecule is CC(C)c1cc2c(N=NCc3c[nH]c4ccc(F)cc34)ncnc2s1. The van der Waals surface area contributed by atoms with Crippen molar-refractivity contribution < 1.29 is 4.39 Å². The van der Waals surface area contributed by atoms with Crippen molar-refractivity contribution in [3.8, 4) is 0 Å². The number of aromatic nitrogens is 3. The fourth-order valence-electron chi connectivity index (χ4n) is 2.69. The van der Waals surface area contributed by atoms with E-state index in [1.807, 2.05) is 6.20 Å². The lowest BCUT2D eigenvalue weighted by Gasteiger charge is -1.96. The summed E-state index contributed by atoms with van der Waals surface area (Å²) in [6, 6.07) is 6.75. The lowest BCUT2D eigenvalue weighted by Crippen LogP contribution is -1.81. The number of aromatic amines is 1. The second kappa shape index (κ2) is 6.33. The molecule has 0 aliphatic heterocycles. The number of benzene rings is 1. The van der Waals surface area contributed by atoms with Gasteiger partial charge in [-0.3, -0.25) is 0 Å². The van der Waals surface area contributed by atoms with E-state index >= 15 is 0 Å². The first-order chi connectivity index (χ1) is 12.1. The highest BCUT2D eigenvalue weighted by molar-refractivity contribution is 7.18. The fourth-order valence-corrected chi connectivity index (χ4v) is 3.68. The molecule has 7 heteroatoms. The molecule has 0 saturated carbocycles. The lowest BCUT2D eigenvalue weighted by molar-refractivity contribution is 0.629. The Hall–Kier alpha value is -2.67. The molecule has 4 aromatic rings. The summed E-state index contributed by atoms with van der Waals surface area (Å²) in [4.78, 5) is 13.8. The molecule has 1 N–H and O–H groups in total. The molecule has 0 radical (unpaired) electrons. The van der Waals surface area contributed by atoms with Crippen LogP contribution in [-0.4, -0.2) is 15.0 Å². The molecule has 1 aromatic carbocycles. The maximum Gasteiger partial charge on any atom is 0.185 e. The van der Waals surface area contributed by atoms with Gasteiger partial charge in [-0.2, -0.15) is 5.11 Å². The summed E-state index contributed by atoms with van der Waals surface area (Å²) in [5.74, 6) is 0.742. The van der Waals surface area contributed by atoms with E-state index < -0.39 is 0 Å². The number of halogens is 1. The minimum absolute atomic E-state index is 0.262. The summed E-state index contributed by atoms with van der Waals surface area (Å²) in [5.41, 5.74) is 1.78. The van der Waals surface area contributed by atoms with Crippen LogP contribution in [0.5, 0.6) is 0 Å². The van der Waals surface area contributed by atoms with Crippen molar-refractivity contribution in [2.75, 3.05) is 0 Å². The number of hydrogen-bond acceptors (Lipinski definition) is 5. The van der Waals surface area contributed by atoms with Gasteiger partial charge in [0.05, 0.1) is 11.9 Å². The van der Waals surface area contributed by atoms with E-state index in [9.17, 15) is 4.39 Å². The minimum atomic E-state index is -0.262. The van der Waals surface area contributed by atoms with Crippen LogP contribution >= 0.6 is 11.3 Å². The first-order valence-corrected chi connectivity index (χ1v) is 8.81. The van der Waals surface area contributed by atoms with Crippen LogP contribution in [0.1, 0.15) is 30.2 Å². The highest BCUT2D eigenvalue weighted by Crippen LogP contribution is 2.33. The molecule has 4 rings (SSSR count). The zero-order valence-electron chi connectivity index (χ0n) is 13.8. The van der Waals surface area contributed by atoms with Gasteiger partial charge in [-0.05, 0) is 30.2 Å². The summed E-state index contributed by atoms with van der Waals surface area (Å²) in [5, 5.41) is 10.3. The Morgan fingerprint density at radius 1 is 1.20 bits per heavy atom. The fraction of sp³-hybridized carbons (Fsp3) is 0.222. The largest absolute Gasteiger partial charge is 0.361 e. The van der Waals surface area contributed by atoms with Crippen LogP contribution < -0.4 is 0 Å². The summed E-state index contributed by atoms with van der Waals surface area (Å²) in [6.07, 6.45) is 3.35. The maximum atomic E-state index is 13.4. The van der Waals surface area contributed by atoms with Crippen LogP contribution in [0.2, 0.25) is 0 Å². The minimum Gasteiger partial charge on any atom is -0.361 e. The molecular weight excluding hydrogens is 337 g/mol. The Morgan fingerprint density at radius 3 is 2.92 bits per heavy atom. The second-order valence-corrected chi connectivity index (χ2v) is 7.19. The highest BCUT2D eigenvalue weighted by Gasteiger charge is 2.10. The predicted molar refractivity (Wildman–Crippen MR) is 98.0 cm³/mol. The lowest BCUT2D eigenvalue weighted by atomic mass is 10.2. The summed E-state index contributed by atoms with van der Waals surface area (Å²) >= 11 is 1.65. The maximum absolute atomic E-state index is 13.4. The van der Waals surface area contributed by atoms with Gasteiger partial charge in [0, 0.05) is 27.5 Å². The average Bonchev–Trinajstić information content (AvgIpc) is 3.19. The Kier molecular flexibility index (Phi) is 4.01. The molecule has 0 atom stereocenters. The van der Waals surface area contributed by atoms with Gasteiger partial charge in [-0.15, -0.1) is 16.5 Å². The zero-order valence-corrected chi connectivity index (χ0v) is 14.6. The van der Waals surface area contributed by atoms with Crippen molar-refractivity contribution in [3.63, 3.8) is 0 Å². The number of thiophene rings is 1. The van der Waals surface area contributed by atoms with Gasteiger partial charge in [0.25, 0.3) is 0 Å². The number of azo groups is 1. The van der Waals surface area contributed by atoms with Crippen LogP contribution in [0.3, 0.4) is 0 Å². The van der Waals surface area contributed by atoms with E-state index in [-0.39, 0.29) is 5.82 Å². The Labute approximate surface area is 147 Å². The molecule has 5 nitrogen and oxygen atoms in total. The Bertz CT molecular complexity index is 1080. The first kappa shape index (κ1) is 15.8. The van der Waals surface area contributed by atoms with Gasteiger partial charge in [0.2, 0.25) is 0 Å². The molecule has 0 unspecified atom stereocenters. The zero-order chi connectivity index (χ0) is 17.4. The number of fused-ring (bicyclic) bond motifs is 2. The second-order valence-electron chi connectivity index (χ2n) is 6.12. The van der Waals surface area contributed by atoms with E-state index in [2.05, 4.69) is 45.1 Å². The number of nitrogens with zero attached hydrogens (tertiary/aromatic N) is 4. The molecule has 0 fully saturated rings. The molecular formula is C18H16FN5S.